The summed E-state index contributed by atoms with van der Waals surface area (Å²) in [4.78, 5) is 28.5. The second-order valence-corrected chi connectivity index (χ2v) is 6.32. The highest BCUT2D eigenvalue weighted by Crippen LogP contribution is 2.17. The standard InChI is InChI=1S/C17H24N2O4/c1-13-6-7-15(23-13)17(21)19(11-14-5-4-10-22-14)12-16(20)18-8-2-3-9-18/h6-7,14H,2-5,8-12H2,1H3/t14-/m0/s1. The number of aryl methyl sites for hydroxylation is 1. The fourth-order valence-electron chi connectivity index (χ4n) is 3.19. The quantitative estimate of drug-likeness (QED) is 0.830. The Bertz CT molecular complexity index is 557. The molecule has 2 amide bonds. The average Bonchev–Trinajstić information content (AvgIpc) is 3.28. The maximum Gasteiger partial charge on any atom is 0.290 e. The topological polar surface area (TPSA) is 63.0 Å². The molecule has 2 saturated heterocycles. The van der Waals surface area contributed by atoms with E-state index in [1.165, 1.54) is 0 Å². The highest BCUT2D eigenvalue weighted by atomic mass is 16.5. The van der Waals surface area contributed by atoms with E-state index in [4.69, 9.17) is 9.15 Å². The lowest BCUT2D eigenvalue weighted by Crippen LogP contribution is -2.44. The average molecular weight is 320 g/mol. The molecule has 3 heterocycles. The Morgan fingerprint density at radius 3 is 2.65 bits per heavy atom. The first-order valence-electron chi connectivity index (χ1n) is 8.38. The molecule has 1 atom stereocenters. The van der Waals surface area contributed by atoms with Crippen LogP contribution in [0.1, 0.15) is 42.0 Å². The Labute approximate surface area is 136 Å². The predicted octanol–water partition coefficient (Wildman–Crippen LogP) is 1.83. The predicted molar refractivity (Wildman–Crippen MR) is 84.1 cm³/mol. The Morgan fingerprint density at radius 1 is 1.26 bits per heavy atom. The van der Waals surface area contributed by atoms with Gasteiger partial charge in [0.05, 0.1) is 6.10 Å². The molecule has 0 unspecified atom stereocenters. The lowest BCUT2D eigenvalue weighted by Gasteiger charge is -2.26. The van der Waals surface area contributed by atoms with Crippen molar-refractivity contribution in [3.05, 3.63) is 23.7 Å². The van der Waals surface area contributed by atoms with Crippen LogP contribution in [-0.2, 0) is 9.53 Å². The van der Waals surface area contributed by atoms with Crippen molar-refractivity contribution >= 4 is 11.8 Å². The van der Waals surface area contributed by atoms with Crippen LogP contribution in [0, 0.1) is 6.92 Å². The zero-order chi connectivity index (χ0) is 16.2. The summed E-state index contributed by atoms with van der Waals surface area (Å²) in [7, 11) is 0. The summed E-state index contributed by atoms with van der Waals surface area (Å²) in [6.07, 6.45) is 4.04. The van der Waals surface area contributed by atoms with Gasteiger partial charge in [-0.1, -0.05) is 0 Å². The fraction of sp³-hybridized carbons (Fsp3) is 0.647. The van der Waals surface area contributed by atoms with Crippen molar-refractivity contribution in [3.8, 4) is 0 Å². The summed E-state index contributed by atoms with van der Waals surface area (Å²) in [5.41, 5.74) is 0. The number of nitrogens with zero attached hydrogens (tertiary/aromatic N) is 2. The minimum Gasteiger partial charge on any atom is -0.456 e. The van der Waals surface area contributed by atoms with E-state index in [9.17, 15) is 9.59 Å². The third-order valence-electron chi connectivity index (χ3n) is 4.47. The number of rotatable bonds is 5. The maximum atomic E-state index is 12.7. The van der Waals surface area contributed by atoms with E-state index in [0.29, 0.717) is 12.3 Å². The van der Waals surface area contributed by atoms with E-state index >= 15 is 0 Å². The molecule has 0 aromatic carbocycles. The fourth-order valence-corrected chi connectivity index (χ4v) is 3.19. The van der Waals surface area contributed by atoms with E-state index in [1.54, 1.807) is 24.0 Å². The molecule has 2 fully saturated rings. The van der Waals surface area contributed by atoms with Crippen molar-refractivity contribution < 1.29 is 18.7 Å². The van der Waals surface area contributed by atoms with Crippen LogP contribution in [0.4, 0.5) is 0 Å². The third kappa shape index (κ3) is 3.93. The van der Waals surface area contributed by atoms with Crippen molar-refractivity contribution in [1.82, 2.24) is 9.80 Å². The van der Waals surface area contributed by atoms with Crippen LogP contribution in [-0.4, -0.2) is 60.5 Å². The summed E-state index contributed by atoms with van der Waals surface area (Å²) in [5, 5.41) is 0. The largest absolute Gasteiger partial charge is 0.456 e. The van der Waals surface area contributed by atoms with Crippen LogP contribution in [0.5, 0.6) is 0 Å². The molecule has 6 heteroatoms. The lowest BCUT2D eigenvalue weighted by molar-refractivity contribution is -0.131. The molecule has 1 aromatic heterocycles. The number of carbonyl (C=O) groups is 2. The van der Waals surface area contributed by atoms with Crippen LogP contribution in [0.2, 0.25) is 0 Å². The van der Waals surface area contributed by atoms with Crippen molar-refractivity contribution in [1.29, 1.82) is 0 Å². The zero-order valence-electron chi connectivity index (χ0n) is 13.6. The van der Waals surface area contributed by atoms with Crippen molar-refractivity contribution in [3.63, 3.8) is 0 Å². The van der Waals surface area contributed by atoms with Gasteiger partial charge < -0.3 is 19.0 Å². The van der Waals surface area contributed by atoms with Gasteiger partial charge in [-0.05, 0) is 44.7 Å². The first-order valence-corrected chi connectivity index (χ1v) is 8.38. The monoisotopic (exact) mass is 320 g/mol. The van der Waals surface area contributed by atoms with E-state index in [2.05, 4.69) is 0 Å². The minimum absolute atomic E-state index is 0.0112. The van der Waals surface area contributed by atoms with Crippen molar-refractivity contribution in [2.24, 2.45) is 0 Å². The van der Waals surface area contributed by atoms with Gasteiger partial charge in [-0.15, -0.1) is 0 Å². The number of hydrogen-bond donors (Lipinski definition) is 0. The Kier molecular flexibility index (Phi) is 5.00. The zero-order valence-corrected chi connectivity index (χ0v) is 13.6. The van der Waals surface area contributed by atoms with Crippen LogP contribution in [0.25, 0.3) is 0 Å². The first-order chi connectivity index (χ1) is 11.1. The molecule has 0 spiro atoms. The summed E-state index contributed by atoms with van der Waals surface area (Å²) in [5.74, 6) is 0.754. The number of carbonyl (C=O) groups excluding carboxylic acids is 2. The van der Waals surface area contributed by atoms with E-state index in [1.807, 2.05) is 4.90 Å². The summed E-state index contributed by atoms with van der Waals surface area (Å²) in [6.45, 7) is 4.65. The number of likely N-dealkylation sites (tertiary alicyclic amines) is 1. The molecule has 0 aliphatic carbocycles. The minimum atomic E-state index is -0.235. The maximum absolute atomic E-state index is 12.7. The number of furan rings is 1. The summed E-state index contributed by atoms with van der Waals surface area (Å²) < 4.78 is 11.1. The molecule has 6 nitrogen and oxygen atoms in total. The third-order valence-corrected chi connectivity index (χ3v) is 4.47. The molecule has 0 saturated carbocycles. The molecular weight excluding hydrogens is 296 g/mol. The second-order valence-electron chi connectivity index (χ2n) is 6.32. The van der Waals surface area contributed by atoms with Crippen LogP contribution < -0.4 is 0 Å². The van der Waals surface area contributed by atoms with Gasteiger partial charge in [0.2, 0.25) is 5.91 Å². The summed E-state index contributed by atoms with van der Waals surface area (Å²) in [6, 6.07) is 3.43. The van der Waals surface area contributed by atoms with E-state index < -0.39 is 0 Å². The van der Waals surface area contributed by atoms with Crippen molar-refractivity contribution in [2.45, 2.75) is 38.7 Å². The van der Waals surface area contributed by atoms with Crippen molar-refractivity contribution in [2.75, 3.05) is 32.8 Å². The molecule has 1 aromatic rings. The molecule has 126 valence electrons. The van der Waals surface area contributed by atoms with Gasteiger partial charge >= 0.3 is 0 Å². The second kappa shape index (κ2) is 7.17. The number of amides is 2. The first kappa shape index (κ1) is 16.1. The highest BCUT2D eigenvalue weighted by Gasteiger charge is 2.28. The Morgan fingerprint density at radius 2 is 2.04 bits per heavy atom. The molecule has 0 bridgehead atoms. The molecular formula is C17H24N2O4. The lowest BCUT2D eigenvalue weighted by atomic mass is 10.2. The molecule has 0 radical (unpaired) electrons. The van der Waals surface area contributed by atoms with E-state index in [0.717, 1.165) is 45.4 Å². The Hall–Kier alpha value is -1.82. The smallest absolute Gasteiger partial charge is 0.290 e. The molecule has 0 N–H and O–H groups in total. The van der Waals surface area contributed by atoms with Crippen LogP contribution >= 0.6 is 0 Å². The van der Waals surface area contributed by atoms with Gasteiger partial charge in [0.25, 0.3) is 5.91 Å². The van der Waals surface area contributed by atoms with Crippen LogP contribution in [0.3, 0.4) is 0 Å². The molecule has 2 aliphatic rings. The number of ether oxygens (including phenoxy) is 1. The summed E-state index contributed by atoms with van der Waals surface area (Å²) >= 11 is 0. The molecule has 2 aliphatic heterocycles. The van der Waals surface area contributed by atoms with Gasteiger partial charge in [0.1, 0.15) is 12.3 Å². The van der Waals surface area contributed by atoms with Gasteiger partial charge in [-0.2, -0.15) is 0 Å². The highest BCUT2D eigenvalue weighted by molar-refractivity contribution is 5.94. The van der Waals surface area contributed by atoms with Gasteiger partial charge in [-0.3, -0.25) is 9.59 Å². The molecule has 3 rings (SSSR count). The normalized spacial score (nSPS) is 20.9. The van der Waals surface area contributed by atoms with Gasteiger partial charge in [-0.25, -0.2) is 0 Å². The SMILES string of the molecule is Cc1ccc(C(=O)N(CC(=O)N2CCCC2)C[C@@H]2CCCO2)o1. The Balaban J connectivity index is 1.69. The number of hydrogen-bond acceptors (Lipinski definition) is 4. The van der Waals surface area contributed by atoms with Gasteiger partial charge in [0, 0.05) is 26.2 Å². The van der Waals surface area contributed by atoms with Gasteiger partial charge in [0.15, 0.2) is 5.76 Å². The van der Waals surface area contributed by atoms with Crippen LogP contribution in [0.15, 0.2) is 16.5 Å². The van der Waals surface area contributed by atoms with E-state index in [-0.39, 0.29) is 30.2 Å². The molecule has 23 heavy (non-hydrogen) atoms.